The summed E-state index contributed by atoms with van der Waals surface area (Å²) in [6, 6.07) is 5.71. The summed E-state index contributed by atoms with van der Waals surface area (Å²) in [5, 5.41) is 9.73. The van der Waals surface area contributed by atoms with Crippen molar-refractivity contribution in [1.82, 2.24) is 0 Å². The standard InChI is InChI=1S/C10H11BrO2/c1-6-4-9(12)8-3-2-7(11)5-10(8)13-6/h2-3,5-6,9,12H,4H2,1H3/t6?,9-/m0/s1. The largest absolute Gasteiger partial charge is 0.490 e. The van der Waals surface area contributed by atoms with Crippen LogP contribution >= 0.6 is 15.9 Å². The van der Waals surface area contributed by atoms with Gasteiger partial charge in [-0.05, 0) is 19.1 Å². The molecular formula is C10H11BrO2. The van der Waals surface area contributed by atoms with Crippen LogP contribution in [0.3, 0.4) is 0 Å². The van der Waals surface area contributed by atoms with E-state index in [0.717, 1.165) is 15.8 Å². The highest BCUT2D eigenvalue weighted by molar-refractivity contribution is 9.10. The van der Waals surface area contributed by atoms with Gasteiger partial charge in [-0.25, -0.2) is 0 Å². The minimum absolute atomic E-state index is 0.0943. The molecule has 0 saturated carbocycles. The van der Waals surface area contributed by atoms with Gasteiger partial charge in [-0.2, -0.15) is 0 Å². The van der Waals surface area contributed by atoms with E-state index >= 15 is 0 Å². The van der Waals surface area contributed by atoms with Crippen LogP contribution in [0.2, 0.25) is 0 Å². The van der Waals surface area contributed by atoms with E-state index in [1.54, 1.807) is 0 Å². The zero-order chi connectivity index (χ0) is 9.42. The zero-order valence-electron chi connectivity index (χ0n) is 7.33. The summed E-state index contributed by atoms with van der Waals surface area (Å²) in [5.74, 6) is 0.792. The van der Waals surface area contributed by atoms with Gasteiger partial charge in [0.25, 0.3) is 0 Å². The van der Waals surface area contributed by atoms with Crippen LogP contribution in [0.4, 0.5) is 0 Å². The van der Waals surface area contributed by atoms with Gasteiger partial charge in [0.05, 0.1) is 12.2 Å². The summed E-state index contributed by atoms with van der Waals surface area (Å²) < 4.78 is 6.57. The van der Waals surface area contributed by atoms with Crippen molar-refractivity contribution in [2.75, 3.05) is 0 Å². The summed E-state index contributed by atoms with van der Waals surface area (Å²) in [5.41, 5.74) is 0.890. The minimum atomic E-state index is -0.383. The molecule has 0 spiro atoms. The van der Waals surface area contributed by atoms with E-state index in [-0.39, 0.29) is 12.2 Å². The van der Waals surface area contributed by atoms with Crippen molar-refractivity contribution in [1.29, 1.82) is 0 Å². The maximum Gasteiger partial charge on any atom is 0.126 e. The smallest absolute Gasteiger partial charge is 0.126 e. The van der Waals surface area contributed by atoms with Gasteiger partial charge in [0.2, 0.25) is 0 Å². The van der Waals surface area contributed by atoms with Gasteiger partial charge in [0, 0.05) is 16.5 Å². The Kier molecular flexibility index (Phi) is 2.30. The van der Waals surface area contributed by atoms with Crippen molar-refractivity contribution in [2.24, 2.45) is 0 Å². The minimum Gasteiger partial charge on any atom is -0.490 e. The van der Waals surface area contributed by atoms with Crippen LogP contribution in [0.15, 0.2) is 22.7 Å². The first-order chi connectivity index (χ1) is 6.16. The molecule has 0 fully saturated rings. The van der Waals surface area contributed by atoms with Crippen LogP contribution in [0, 0.1) is 0 Å². The Morgan fingerprint density at radius 1 is 1.54 bits per heavy atom. The van der Waals surface area contributed by atoms with Crippen molar-refractivity contribution in [2.45, 2.75) is 25.6 Å². The molecule has 2 atom stereocenters. The SMILES string of the molecule is CC1C[C@H](O)c2ccc(Br)cc2O1. The van der Waals surface area contributed by atoms with Gasteiger partial charge in [-0.15, -0.1) is 0 Å². The average molecular weight is 243 g/mol. The molecule has 1 aliphatic rings. The van der Waals surface area contributed by atoms with Crippen LogP contribution in [0.5, 0.6) is 5.75 Å². The third kappa shape index (κ3) is 1.71. The molecule has 1 aromatic carbocycles. The monoisotopic (exact) mass is 242 g/mol. The molecule has 0 saturated heterocycles. The number of fused-ring (bicyclic) bond motifs is 1. The Bertz CT molecular complexity index is 325. The lowest BCUT2D eigenvalue weighted by molar-refractivity contribution is 0.0749. The predicted octanol–water partition coefficient (Wildman–Crippen LogP) is 2.65. The zero-order valence-corrected chi connectivity index (χ0v) is 8.91. The van der Waals surface area contributed by atoms with E-state index in [0.29, 0.717) is 6.42 Å². The summed E-state index contributed by atoms with van der Waals surface area (Å²) in [7, 11) is 0. The molecule has 0 bridgehead atoms. The summed E-state index contributed by atoms with van der Waals surface area (Å²) >= 11 is 3.37. The second-order valence-corrected chi connectivity index (χ2v) is 4.28. The fourth-order valence-corrected chi connectivity index (χ4v) is 1.93. The second kappa shape index (κ2) is 3.31. The molecule has 13 heavy (non-hydrogen) atoms. The van der Waals surface area contributed by atoms with E-state index < -0.39 is 0 Å². The molecule has 1 aromatic rings. The van der Waals surface area contributed by atoms with E-state index in [2.05, 4.69) is 15.9 Å². The maximum absolute atomic E-state index is 9.73. The number of rotatable bonds is 0. The quantitative estimate of drug-likeness (QED) is 0.759. The first-order valence-corrected chi connectivity index (χ1v) is 5.10. The number of ether oxygens (including phenoxy) is 1. The fourth-order valence-electron chi connectivity index (χ4n) is 1.59. The molecule has 0 aromatic heterocycles. The number of hydrogen-bond donors (Lipinski definition) is 1. The molecule has 1 N–H and O–H groups in total. The van der Waals surface area contributed by atoms with Crippen molar-refractivity contribution in [3.8, 4) is 5.75 Å². The molecule has 2 rings (SSSR count). The predicted molar refractivity (Wildman–Crippen MR) is 53.8 cm³/mol. The second-order valence-electron chi connectivity index (χ2n) is 3.36. The maximum atomic E-state index is 9.73. The van der Waals surface area contributed by atoms with Crippen molar-refractivity contribution >= 4 is 15.9 Å². The Hall–Kier alpha value is -0.540. The highest BCUT2D eigenvalue weighted by Gasteiger charge is 2.23. The topological polar surface area (TPSA) is 29.5 Å². The summed E-state index contributed by atoms with van der Waals surface area (Å²) in [4.78, 5) is 0. The lowest BCUT2D eigenvalue weighted by Crippen LogP contribution is -2.22. The molecule has 1 unspecified atom stereocenters. The molecule has 1 aliphatic heterocycles. The van der Waals surface area contributed by atoms with Crippen LogP contribution in [-0.2, 0) is 0 Å². The highest BCUT2D eigenvalue weighted by Crippen LogP contribution is 2.36. The Morgan fingerprint density at radius 3 is 3.08 bits per heavy atom. The number of aliphatic hydroxyl groups is 1. The van der Waals surface area contributed by atoms with E-state index in [1.165, 1.54) is 0 Å². The molecule has 2 nitrogen and oxygen atoms in total. The third-order valence-electron chi connectivity index (χ3n) is 2.22. The number of benzene rings is 1. The molecule has 1 heterocycles. The van der Waals surface area contributed by atoms with Gasteiger partial charge >= 0.3 is 0 Å². The summed E-state index contributed by atoms with van der Waals surface area (Å²) in [6.07, 6.45) is 0.387. The van der Waals surface area contributed by atoms with Crippen LogP contribution < -0.4 is 4.74 Å². The molecular weight excluding hydrogens is 232 g/mol. The lowest BCUT2D eigenvalue weighted by atomic mass is 10.00. The Morgan fingerprint density at radius 2 is 2.31 bits per heavy atom. The average Bonchev–Trinajstić information content (AvgIpc) is 2.02. The van der Waals surface area contributed by atoms with Crippen molar-refractivity contribution in [3.05, 3.63) is 28.2 Å². The van der Waals surface area contributed by atoms with Crippen molar-refractivity contribution in [3.63, 3.8) is 0 Å². The molecule has 3 heteroatoms. The van der Waals surface area contributed by atoms with E-state index in [9.17, 15) is 5.11 Å². The van der Waals surface area contributed by atoms with Gasteiger partial charge in [-0.3, -0.25) is 0 Å². The first kappa shape index (κ1) is 9.03. The Labute approximate surface area is 85.7 Å². The van der Waals surface area contributed by atoms with E-state index in [1.807, 2.05) is 25.1 Å². The van der Waals surface area contributed by atoms with Crippen LogP contribution in [0.1, 0.15) is 25.0 Å². The number of halogens is 1. The molecule has 0 amide bonds. The van der Waals surface area contributed by atoms with Crippen LogP contribution in [0.25, 0.3) is 0 Å². The van der Waals surface area contributed by atoms with Gasteiger partial charge in [0.15, 0.2) is 0 Å². The Balaban J connectivity index is 2.43. The lowest BCUT2D eigenvalue weighted by Gasteiger charge is -2.27. The van der Waals surface area contributed by atoms with Gasteiger partial charge in [-0.1, -0.05) is 22.0 Å². The molecule has 0 radical (unpaired) electrons. The summed E-state index contributed by atoms with van der Waals surface area (Å²) in [6.45, 7) is 1.97. The fraction of sp³-hybridized carbons (Fsp3) is 0.400. The highest BCUT2D eigenvalue weighted by atomic mass is 79.9. The number of aliphatic hydroxyl groups excluding tert-OH is 1. The van der Waals surface area contributed by atoms with Gasteiger partial charge < -0.3 is 9.84 Å². The van der Waals surface area contributed by atoms with Crippen molar-refractivity contribution < 1.29 is 9.84 Å². The van der Waals surface area contributed by atoms with Crippen LogP contribution in [-0.4, -0.2) is 11.2 Å². The molecule has 0 aliphatic carbocycles. The molecule has 70 valence electrons. The normalized spacial score (nSPS) is 26.4. The van der Waals surface area contributed by atoms with E-state index in [4.69, 9.17) is 4.74 Å². The first-order valence-electron chi connectivity index (χ1n) is 4.31. The van der Waals surface area contributed by atoms with Gasteiger partial charge in [0.1, 0.15) is 5.75 Å². The third-order valence-corrected chi connectivity index (χ3v) is 2.71. The number of hydrogen-bond acceptors (Lipinski definition) is 2.